The first-order valence-electron chi connectivity index (χ1n) is 7.05. The van der Waals surface area contributed by atoms with Crippen molar-refractivity contribution >= 4 is 35.6 Å². The molecular weight excluding hydrogens is 430 g/mol. The molecule has 3 N–H and O–H groups in total. The highest BCUT2D eigenvalue weighted by atomic mass is 127. The highest BCUT2D eigenvalue weighted by molar-refractivity contribution is 14.0. The molecule has 0 aliphatic heterocycles. The summed E-state index contributed by atoms with van der Waals surface area (Å²) in [6.45, 7) is 4.01. The van der Waals surface area contributed by atoms with E-state index in [-0.39, 0.29) is 36.5 Å². The number of rotatable bonds is 3. The maximum Gasteiger partial charge on any atom is 0.416 e. The molecule has 0 spiro atoms. The van der Waals surface area contributed by atoms with Crippen molar-refractivity contribution in [2.24, 2.45) is 10.7 Å². The zero-order valence-corrected chi connectivity index (χ0v) is 15.6. The highest BCUT2D eigenvalue weighted by Gasteiger charge is 2.30. The summed E-state index contributed by atoms with van der Waals surface area (Å²) >= 11 is 0. The first-order valence-corrected chi connectivity index (χ1v) is 7.05. The van der Waals surface area contributed by atoms with E-state index in [0.29, 0.717) is 5.56 Å². The van der Waals surface area contributed by atoms with Gasteiger partial charge in [0.25, 0.3) is 0 Å². The van der Waals surface area contributed by atoms with Crippen LogP contribution in [0.3, 0.4) is 0 Å². The molecule has 0 bridgehead atoms. The molecule has 0 fully saturated rings. The quantitative estimate of drug-likeness (QED) is 0.399. The van der Waals surface area contributed by atoms with E-state index >= 15 is 0 Å². The van der Waals surface area contributed by atoms with E-state index in [1.807, 2.05) is 32.0 Å². The summed E-state index contributed by atoms with van der Waals surface area (Å²) in [5.74, 6) is 0.160. The SMILES string of the molecule is Cc1cc(C)cc(NC(N)=NCc2cccc(C(F)(F)F)c2)c1.I. The van der Waals surface area contributed by atoms with Crippen molar-refractivity contribution < 1.29 is 13.2 Å². The van der Waals surface area contributed by atoms with Gasteiger partial charge in [0.2, 0.25) is 0 Å². The van der Waals surface area contributed by atoms with Crippen molar-refractivity contribution in [2.75, 3.05) is 5.32 Å². The lowest BCUT2D eigenvalue weighted by atomic mass is 10.1. The number of aryl methyl sites for hydroxylation is 2. The van der Waals surface area contributed by atoms with Crippen LogP contribution in [0.5, 0.6) is 0 Å². The standard InChI is InChI=1S/C17H18F3N3.HI/c1-11-6-12(2)8-15(7-11)23-16(21)22-10-13-4-3-5-14(9-13)17(18,19)20;/h3-9H,10H2,1-2H3,(H3,21,22,23);1H. The lowest BCUT2D eigenvalue weighted by Gasteiger charge is -2.09. The molecule has 0 aliphatic rings. The second kappa shape index (κ2) is 8.36. The minimum atomic E-state index is -4.36. The predicted octanol–water partition coefficient (Wildman–Crippen LogP) is 4.87. The van der Waals surface area contributed by atoms with E-state index in [1.54, 1.807) is 6.07 Å². The molecule has 2 rings (SSSR count). The average Bonchev–Trinajstić information content (AvgIpc) is 2.43. The summed E-state index contributed by atoms with van der Waals surface area (Å²) in [4.78, 5) is 4.09. The largest absolute Gasteiger partial charge is 0.416 e. The van der Waals surface area contributed by atoms with Gasteiger partial charge in [0.15, 0.2) is 5.96 Å². The van der Waals surface area contributed by atoms with Gasteiger partial charge in [-0.1, -0.05) is 18.2 Å². The summed E-state index contributed by atoms with van der Waals surface area (Å²) < 4.78 is 38.0. The fourth-order valence-electron chi connectivity index (χ4n) is 2.26. The Kier molecular flexibility index (Phi) is 7.07. The molecule has 7 heteroatoms. The zero-order chi connectivity index (χ0) is 17.0. The van der Waals surface area contributed by atoms with E-state index in [4.69, 9.17) is 5.73 Å². The molecule has 2 aromatic carbocycles. The van der Waals surface area contributed by atoms with Crippen LogP contribution in [0.25, 0.3) is 0 Å². The van der Waals surface area contributed by atoms with Gasteiger partial charge < -0.3 is 11.1 Å². The van der Waals surface area contributed by atoms with Gasteiger partial charge in [0.1, 0.15) is 0 Å². The Bertz CT molecular complexity index is 707. The Balaban J connectivity index is 0.00000288. The monoisotopic (exact) mass is 449 g/mol. The molecule has 0 saturated carbocycles. The number of aliphatic imine (C=N–C) groups is 1. The number of halogens is 4. The summed E-state index contributed by atoms with van der Waals surface area (Å²) in [7, 11) is 0. The fourth-order valence-corrected chi connectivity index (χ4v) is 2.26. The molecule has 3 nitrogen and oxygen atoms in total. The van der Waals surface area contributed by atoms with E-state index in [0.717, 1.165) is 28.9 Å². The molecule has 0 atom stereocenters. The normalized spacial score (nSPS) is 11.8. The smallest absolute Gasteiger partial charge is 0.370 e. The second-order valence-corrected chi connectivity index (χ2v) is 5.40. The van der Waals surface area contributed by atoms with Gasteiger partial charge in [0.05, 0.1) is 12.1 Å². The van der Waals surface area contributed by atoms with Gasteiger partial charge >= 0.3 is 6.18 Å². The lowest BCUT2D eigenvalue weighted by molar-refractivity contribution is -0.137. The number of nitrogens with one attached hydrogen (secondary N) is 1. The lowest BCUT2D eigenvalue weighted by Crippen LogP contribution is -2.22. The number of hydrogen-bond donors (Lipinski definition) is 2. The number of nitrogens with two attached hydrogens (primary N) is 1. The maximum absolute atomic E-state index is 12.7. The molecule has 0 amide bonds. The molecule has 0 saturated heterocycles. The summed E-state index contributed by atoms with van der Waals surface area (Å²) in [5, 5.41) is 2.94. The Labute approximate surface area is 156 Å². The third-order valence-electron chi connectivity index (χ3n) is 3.18. The molecule has 0 heterocycles. The predicted molar refractivity (Wildman–Crippen MR) is 102 cm³/mol. The van der Waals surface area contributed by atoms with Gasteiger partial charge in [-0.05, 0) is 54.8 Å². The summed E-state index contributed by atoms with van der Waals surface area (Å²) in [6, 6.07) is 10.9. The van der Waals surface area contributed by atoms with E-state index in [1.165, 1.54) is 6.07 Å². The second-order valence-electron chi connectivity index (χ2n) is 5.40. The van der Waals surface area contributed by atoms with Crippen LogP contribution < -0.4 is 11.1 Å². The van der Waals surface area contributed by atoms with Gasteiger partial charge in [-0.2, -0.15) is 13.2 Å². The molecule has 0 radical (unpaired) electrons. The van der Waals surface area contributed by atoms with E-state index in [9.17, 15) is 13.2 Å². The van der Waals surface area contributed by atoms with Crippen molar-refractivity contribution in [2.45, 2.75) is 26.6 Å². The minimum Gasteiger partial charge on any atom is -0.370 e. The third kappa shape index (κ3) is 6.03. The van der Waals surface area contributed by atoms with Gasteiger partial charge in [-0.15, -0.1) is 24.0 Å². The van der Waals surface area contributed by atoms with E-state index < -0.39 is 11.7 Å². The number of hydrogen-bond acceptors (Lipinski definition) is 1. The zero-order valence-electron chi connectivity index (χ0n) is 13.3. The molecule has 0 aromatic heterocycles. The Morgan fingerprint density at radius 3 is 2.29 bits per heavy atom. The average molecular weight is 449 g/mol. The maximum atomic E-state index is 12.7. The fraction of sp³-hybridized carbons (Fsp3) is 0.235. The van der Waals surface area contributed by atoms with Crippen LogP contribution in [-0.4, -0.2) is 5.96 Å². The molecular formula is C17H19F3IN3. The Morgan fingerprint density at radius 1 is 1.08 bits per heavy atom. The van der Waals surface area contributed by atoms with Crippen molar-refractivity contribution in [3.8, 4) is 0 Å². The molecule has 0 unspecified atom stereocenters. The van der Waals surface area contributed by atoms with Crippen LogP contribution in [0.1, 0.15) is 22.3 Å². The van der Waals surface area contributed by atoms with Crippen LogP contribution in [0, 0.1) is 13.8 Å². The number of benzene rings is 2. The Morgan fingerprint density at radius 2 is 1.71 bits per heavy atom. The molecule has 2 aromatic rings. The van der Waals surface area contributed by atoms with Crippen molar-refractivity contribution in [3.63, 3.8) is 0 Å². The van der Waals surface area contributed by atoms with Gasteiger partial charge in [-0.3, -0.25) is 0 Å². The topological polar surface area (TPSA) is 50.4 Å². The molecule has 24 heavy (non-hydrogen) atoms. The van der Waals surface area contributed by atoms with Crippen LogP contribution in [0.15, 0.2) is 47.5 Å². The van der Waals surface area contributed by atoms with Crippen molar-refractivity contribution in [1.29, 1.82) is 0 Å². The highest BCUT2D eigenvalue weighted by Crippen LogP contribution is 2.29. The molecule has 0 aliphatic carbocycles. The number of anilines is 1. The number of guanidine groups is 1. The van der Waals surface area contributed by atoms with Gasteiger partial charge in [-0.25, -0.2) is 4.99 Å². The number of nitrogens with zero attached hydrogens (tertiary/aromatic N) is 1. The van der Waals surface area contributed by atoms with Crippen LogP contribution >= 0.6 is 24.0 Å². The first-order chi connectivity index (χ1) is 10.7. The van der Waals surface area contributed by atoms with E-state index in [2.05, 4.69) is 10.3 Å². The first kappa shape index (κ1) is 20.3. The van der Waals surface area contributed by atoms with Crippen molar-refractivity contribution in [1.82, 2.24) is 0 Å². The minimum absolute atomic E-state index is 0. The Hall–Kier alpha value is -1.77. The third-order valence-corrected chi connectivity index (χ3v) is 3.18. The molecule has 130 valence electrons. The van der Waals surface area contributed by atoms with Gasteiger partial charge in [0, 0.05) is 5.69 Å². The summed E-state index contributed by atoms with van der Waals surface area (Å²) in [5.41, 5.74) is 8.52. The van der Waals surface area contributed by atoms with Crippen molar-refractivity contribution in [3.05, 3.63) is 64.7 Å². The van der Waals surface area contributed by atoms with Crippen LogP contribution in [-0.2, 0) is 12.7 Å². The number of alkyl halides is 3. The van der Waals surface area contributed by atoms with Crippen LogP contribution in [0.2, 0.25) is 0 Å². The summed E-state index contributed by atoms with van der Waals surface area (Å²) in [6.07, 6.45) is -4.36. The van der Waals surface area contributed by atoms with Crippen LogP contribution in [0.4, 0.5) is 18.9 Å².